The normalized spacial score (nSPS) is 25.6. The van der Waals surface area contributed by atoms with Gasteiger partial charge in [0, 0.05) is 18.2 Å². The highest BCUT2D eigenvalue weighted by Crippen LogP contribution is 2.29. The van der Waals surface area contributed by atoms with Crippen molar-refractivity contribution in [2.75, 3.05) is 6.61 Å². The van der Waals surface area contributed by atoms with E-state index in [1.807, 2.05) is 13.0 Å². The molecular formula is C13H17N3O4. The summed E-state index contributed by atoms with van der Waals surface area (Å²) < 4.78 is 12.6. The lowest BCUT2D eigenvalue weighted by Gasteiger charge is -2.13. The Morgan fingerprint density at radius 3 is 3.05 bits per heavy atom. The van der Waals surface area contributed by atoms with Crippen LogP contribution in [0.4, 0.5) is 0 Å². The Hall–Kier alpha value is -1.91. The van der Waals surface area contributed by atoms with Gasteiger partial charge in [-0.2, -0.15) is 5.26 Å². The topological polar surface area (TPSA) is 97.1 Å². The number of H-pyrrole nitrogens is 1. The maximum atomic E-state index is 11.8. The predicted octanol–water partition coefficient (Wildman–Crippen LogP) is 0.451. The molecule has 1 aromatic rings. The molecule has 1 saturated heterocycles. The molecule has 0 bridgehead atoms. The maximum absolute atomic E-state index is 11.8. The molecule has 7 nitrogen and oxygen atoms in total. The number of aromatic amines is 1. The smallest absolute Gasteiger partial charge is 0.330 e. The first-order chi connectivity index (χ1) is 9.52. The van der Waals surface area contributed by atoms with Crippen LogP contribution in [0.1, 0.15) is 31.6 Å². The molecule has 0 aromatic carbocycles. The SMILES string of the molecule is Cc1cn([C@H]2CC(OCCC#N)[C@@H](C)O2)c(=O)[nH]c1=O. The third-order valence-electron chi connectivity index (χ3n) is 3.33. The van der Waals surface area contributed by atoms with Crippen molar-refractivity contribution in [2.45, 2.75) is 45.1 Å². The molecule has 20 heavy (non-hydrogen) atoms. The van der Waals surface area contributed by atoms with E-state index in [0.717, 1.165) is 0 Å². The lowest BCUT2D eigenvalue weighted by atomic mass is 10.2. The van der Waals surface area contributed by atoms with E-state index in [-0.39, 0.29) is 17.8 Å². The zero-order valence-electron chi connectivity index (χ0n) is 11.5. The molecule has 1 aliphatic rings. The van der Waals surface area contributed by atoms with Crippen molar-refractivity contribution < 1.29 is 9.47 Å². The van der Waals surface area contributed by atoms with Gasteiger partial charge in [0.05, 0.1) is 31.3 Å². The molecule has 2 rings (SSSR count). The Bertz CT molecular complexity index is 628. The van der Waals surface area contributed by atoms with E-state index in [1.54, 1.807) is 6.92 Å². The summed E-state index contributed by atoms with van der Waals surface area (Å²) in [6, 6.07) is 2.01. The Morgan fingerprint density at radius 1 is 1.60 bits per heavy atom. The maximum Gasteiger partial charge on any atom is 0.330 e. The molecule has 1 aliphatic heterocycles. The largest absolute Gasteiger partial charge is 0.374 e. The van der Waals surface area contributed by atoms with Crippen LogP contribution in [0.5, 0.6) is 0 Å². The standard InChI is InChI=1S/C13H17N3O4/c1-8-7-16(13(18)15-12(8)17)11-6-10(9(2)20-11)19-5-3-4-14/h7,9-11H,3,5-6H2,1-2H3,(H,15,17,18)/t9-,10?,11-/m1/s1. The summed E-state index contributed by atoms with van der Waals surface area (Å²) in [5.41, 5.74) is -0.427. The number of nitrogens with zero attached hydrogens (tertiary/aromatic N) is 2. The number of hydrogen-bond acceptors (Lipinski definition) is 5. The second-order valence-electron chi connectivity index (χ2n) is 4.83. The second kappa shape index (κ2) is 6.03. The Labute approximate surface area is 115 Å². The average molecular weight is 279 g/mol. The fraction of sp³-hybridized carbons (Fsp3) is 0.615. The highest BCUT2D eigenvalue weighted by Gasteiger charge is 2.34. The van der Waals surface area contributed by atoms with Crippen LogP contribution in [0.25, 0.3) is 0 Å². The molecule has 3 atom stereocenters. The lowest BCUT2D eigenvalue weighted by molar-refractivity contribution is -0.0285. The van der Waals surface area contributed by atoms with Gasteiger partial charge in [0.25, 0.3) is 5.56 Å². The van der Waals surface area contributed by atoms with Gasteiger partial charge in [0.15, 0.2) is 0 Å². The van der Waals surface area contributed by atoms with Crippen LogP contribution in [0.2, 0.25) is 0 Å². The number of nitriles is 1. The zero-order chi connectivity index (χ0) is 14.7. The number of nitrogens with one attached hydrogen (secondary N) is 1. The summed E-state index contributed by atoms with van der Waals surface area (Å²) in [6.07, 6.45) is 1.55. The van der Waals surface area contributed by atoms with Crippen LogP contribution >= 0.6 is 0 Å². The summed E-state index contributed by atoms with van der Waals surface area (Å²) in [6.45, 7) is 3.84. The quantitative estimate of drug-likeness (QED) is 0.807. The Morgan fingerprint density at radius 2 is 2.35 bits per heavy atom. The average Bonchev–Trinajstić information content (AvgIpc) is 2.76. The highest BCUT2D eigenvalue weighted by atomic mass is 16.6. The number of ether oxygens (including phenoxy) is 2. The number of aryl methyl sites for hydroxylation is 1. The summed E-state index contributed by atoms with van der Waals surface area (Å²) in [4.78, 5) is 25.4. The first-order valence-electron chi connectivity index (χ1n) is 6.49. The summed E-state index contributed by atoms with van der Waals surface area (Å²) >= 11 is 0. The van der Waals surface area contributed by atoms with E-state index in [4.69, 9.17) is 14.7 Å². The molecule has 0 radical (unpaired) electrons. The van der Waals surface area contributed by atoms with Gasteiger partial charge in [-0.05, 0) is 13.8 Å². The van der Waals surface area contributed by atoms with Crippen LogP contribution in [-0.2, 0) is 9.47 Å². The van der Waals surface area contributed by atoms with Crippen molar-refractivity contribution in [3.63, 3.8) is 0 Å². The van der Waals surface area contributed by atoms with Crippen LogP contribution in [0.15, 0.2) is 15.8 Å². The van der Waals surface area contributed by atoms with Crippen molar-refractivity contribution in [3.8, 4) is 6.07 Å². The summed E-state index contributed by atoms with van der Waals surface area (Å²) in [5.74, 6) is 0. The Kier molecular flexibility index (Phi) is 4.37. The first kappa shape index (κ1) is 14.5. The van der Waals surface area contributed by atoms with Gasteiger partial charge in [-0.15, -0.1) is 0 Å². The minimum absolute atomic E-state index is 0.160. The molecule has 2 heterocycles. The van der Waals surface area contributed by atoms with Crippen LogP contribution in [0, 0.1) is 18.3 Å². The molecule has 0 amide bonds. The van der Waals surface area contributed by atoms with Crippen LogP contribution in [0.3, 0.4) is 0 Å². The molecule has 0 aliphatic carbocycles. The first-order valence-corrected chi connectivity index (χ1v) is 6.49. The van der Waals surface area contributed by atoms with Gasteiger partial charge in [-0.1, -0.05) is 0 Å². The third kappa shape index (κ3) is 2.98. The van der Waals surface area contributed by atoms with E-state index in [1.165, 1.54) is 10.8 Å². The van der Waals surface area contributed by atoms with Crippen molar-refractivity contribution in [3.05, 3.63) is 32.6 Å². The Balaban J connectivity index is 2.12. The predicted molar refractivity (Wildman–Crippen MR) is 70.2 cm³/mol. The third-order valence-corrected chi connectivity index (χ3v) is 3.33. The monoisotopic (exact) mass is 279 g/mol. The van der Waals surface area contributed by atoms with Crippen LogP contribution < -0.4 is 11.2 Å². The van der Waals surface area contributed by atoms with E-state index < -0.39 is 11.9 Å². The summed E-state index contributed by atoms with van der Waals surface area (Å²) in [7, 11) is 0. The molecule has 1 N–H and O–H groups in total. The van der Waals surface area contributed by atoms with E-state index in [9.17, 15) is 9.59 Å². The molecule has 0 spiro atoms. The minimum Gasteiger partial charge on any atom is -0.374 e. The lowest BCUT2D eigenvalue weighted by Crippen LogP contribution is -2.33. The number of aromatic nitrogens is 2. The van der Waals surface area contributed by atoms with E-state index in [2.05, 4.69) is 4.98 Å². The van der Waals surface area contributed by atoms with Crippen LogP contribution in [-0.4, -0.2) is 28.4 Å². The molecule has 7 heteroatoms. The van der Waals surface area contributed by atoms with Crippen molar-refractivity contribution >= 4 is 0 Å². The second-order valence-corrected chi connectivity index (χ2v) is 4.83. The van der Waals surface area contributed by atoms with Gasteiger partial charge in [0.2, 0.25) is 0 Å². The summed E-state index contributed by atoms with van der Waals surface area (Å²) in [5, 5.41) is 8.49. The fourth-order valence-electron chi connectivity index (χ4n) is 2.22. The van der Waals surface area contributed by atoms with Gasteiger partial charge in [-0.3, -0.25) is 14.3 Å². The minimum atomic E-state index is -0.490. The van der Waals surface area contributed by atoms with Gasteiger partial charge < -0.3 is 9.47 Å². The van der Waals surface area contributed by atoms with Crippen molar-refractivity contribution in [2.24, 2.45) is 0 Å². The molecule has 1 aromatic heterocycles. The molecule has 0 saturated carbocycles. The van der Waals surface area contributed by atoms with Crippen molar-refractivity contribution in [1.82, 2.24) is 9.55 Å². The van der Waals surface area contributed by atoms with E-state index in [0.29, 0.717) is 25.0 Å². The van der Waals surface area contributed by atoms with E-state index >= 15 is 0 Å². The molecule has 108 valence electrons. The number of hydrogen-bond donors (Lipinski definition) is 1. The fourth-order valence-corrected chi connectivity index (χ4v) is 2.22. The van der Waals surface area contributed by atoms with Gasteiger partial charge >= 0.3 is 5.69 Å². The molecule has 1 fully saturated rings. The molecular weight excluding hydrogens is 262 g/mol. The zero-order valence-corrected chi connectivity index (χ0v) is 11.5. The van der Waals surface area contributed by atoms with Gasteiger partial charge in [0.1, 0.15) is 6.23 Å². The highest BCUT2D eigenvalue weighted by molar-refractivity contribution is 5.02. The van der Waals surface area contributed by atoms with Crippen molar-refractivity contribution in [1.29, 1.82) is 5.26 Å². The molecule has 1 unspecified atom stereocenters. The number of rotatable bonds is 4. The van der Waals surface area contributed by atoms with Gasteiger partial charge in [-0.25, -0.2) is 4.79 Å².